The Labute approximate surface area is 56.6 Å². The topological polar surface area (TPSA) is 13.6 Å². The third-order valence-corrected chi connectivity index (χ3v) is 1.72. The third-order valence-electron chi connectivity index (χ3n) is 1.72. The van der Waals surface area contributed by atoms with Crippen LogP contribution in [-0.2, 0) is 4.74 Å². The van der Waals surface area contributed by atoms with Crippen LogP contribution in [0.15, 0.2) is 0 Å². The number of hydrogen-bond donors (Lipinski definition) is 0. The van der Waals surface area contributed by atoms with Gasteiger partial charge in [0.25, 0.3) is 6.57 Å². The SMILES string of the molecule is C#[N+]C(CC)(CC)OC. The molecule has 0 amide bonds. The molecule has 9 heavy (non-hydrogen) atoms. The lowest BCUT2D eigenvalue weighted by Gasteiger charge is -2.10. The van der Waals surface area contributed by atoms with Crippen LogP contribution in [0.2, 0.25) is 0 Å². The van der Waals surface area contributed by atoms with Crippen LogP contribution in [0, 0.1) is 6.57 Å². The highest BCUT2D eigenvalue weighted by Gasteiger charge is 2.35. The van der Waals surface area contributed by atoms with Crippen LogP contribution in [0.5, 0.6) is 0 Å². The Morgan fingerprint density at radius 3 is 1.89 bits per heavy atom. The summed E-state index contributed by atoms with van der Waals surface area (Å²) >= 11 is 0. The van der Waals surface area contributed by atoms with Gasteiger partial charge in [-0.1, -0.05) is 13.8 Å². The van der Waals surface area contributed by atoms with Gasteiger partial charge in [-0.2, -0.15) is 0 Å². The summed E-state index contributed by atoms with van der Waals surface area (Å²) < 4.78 is 5.09. The molecule has 0 aliphatic carbocycles. The molecule has 0 aromatic carbocycles. The molecule has 2 nitrogen and oxygen atoms in total. The van der Waals surface area contributed by atoms with Gasteiger partial charge in [0.2, 0.25) is 0 Å². The zero-order valence-corrected chi connectivity index (χ0v) is 6.35. The van der Waals surface area contributed by atoms with Gasteiger partial charge >= 0.3 is 5.72 Å². The van der Waals surface area contributed by atoms with Crippen molar-refractivity contribution in [1.82, 2.24) is 0 Å². The van der Waals surface area contributed by atoms with Gasteiger partial charge in [0.05, 0.1) is 12.8 Å². The highest BCUT2D eigenvalue weighted by molar-refractivity contribution is 4.89. The summed E-state index contributed by atoms with van der Waals surface area (Å²) in [5, 5.41) is 0. The van der Waals surface area contributed by atoms with Gasteiger partial charge in [0.15, 0.2) is 0 Å². The lowest BCUT2D eigenvalue weighted by molar-refractivity contribution is 0.0239. The average molecular weight is 128 g/mol. The maximum absolute atomic E-state index is 5.14. The van der Waals surface area contributed by atoms with Gasteiger partial charge in [-0.3, -0.25) is 0 Å². The van der Waals surface area contributed by atoms with Gasteiger partial charge < -0.3 is 4.74 Å². The molecule has 0 aliphatic heterocycles. The first kappa shape index (κ1) is 8.45. The number of nitrogens with zero attached hydrogens (tertiary/aromatic N) is 1. The first-order valence-electron chi connectivity index (χ1n) is 3.22. The fraction of sp³-hybridized carbons (Fsp3) is 0.857. The summed E-state index contributed by atoms with van der Waals surface area (Å²) in [4.78, 5) is 3.65. The Bertz CT molecular complexity index is 102. The van der Waals surface area contributed by atoms with E-state index in [4.69, 9.17) is 11.3 Å². The molecule has 0 N–H and O–H groups in total. The average Bonchev–Trinajstić information content (AvgIpc) is 1.95. The van der Waals surface area contributed by atoms with Crippen LogP contribution in [0.1, 0.15) is 26.7 Å². The molecule has 0 aromatic rings. The molecular weight excluding hydrogens is 114 g/mol. The van der Waals surface area contributed by atoms with E-state index in [0.29, 0.717) is 0 Å². The van der Waals surface area contributed by atoms with Gasteiger partial charge in [0, 0.05) is 7.11 Å². The fourth-order valence-electron chi connectivity index (χ4n) is 0.774. The van der Waals surface area contributed by atoms with Crippen molar-refractivity contribution in [2.45, 2.75) is 32.4 Å². The molecular formula is C7H14NO+. The van der Waals surface area contributed by atoms with Gasteiger partial charge in [0.1, 0.15) is 0 Å². The summed E-state index contributed by atoms with van der Waals surface area (Å²) in [5.74, 6) is 0. The molecule has 0 rings (SSSR count). The Kier molecular flexibility index (Phi) is 3.26. The number of hydrogen-bond acceptors (Lipinski definition) is 1. The Balaban J connectivity index is 4.04. The molecule has 0 saturated carbocycles. The van der Waals surface area contributed by atoms with Crippen molar-refractivity contribution in [2.24, 2.45) is 0 Å². The Morgan fingerprint density at radius 1 is 1.44 bits per heavy atom. The summed E-state index contributed by atoms with van der Waals surface area (Å²) in [6, 6.07) is 0. The molecule has 2 heteroatoms. The molecule has 0 radical (unpaired) electrons. The summed E-state index contributed by atoms with van der Waals surface area (Å²) in [6.07, 6.45) is 1.66. The summed E-state index contributed by atoms with van der Waals surface area (Å²) in [6.45, 7) is 9.15. The minimum Gasteiger partial charge on any atom is -0.308 e. The van der Waals surface area contributed by atoms with Crippen molar-refractivity contribution < 1.29 is 4.74 Å². The lowest BCUT2D eigenvalue weighted by Crippen LogP contribution is -2.24. The molecule has 0 bridgehead atoms. The van der Waals surface area contributed by atoms with Crippen LogP contribution in [0.25, 0.3) is 4.85 Å². The van der Waals surface area contributed by atoms with E-state index in [1.807, 2.05) is 13.8 Å². The number of ether oxygens (including phenoxy) is 1. The molecule has 0 aliphatic rings. The van der Waals surface area contributed by atoms with E-state index < -0.39 is 5.72 Å². The Morgan fingerprint density at radius 2 is 1.89 bits per heavy atom. The van der Waals surface area contributed by atoms with Crippen molar-refractivity contribution in [3.05, 3.63) is 4.85 Å². The highest BCUT2D eigenvalue weighted by atomic mass is 16.5. The van der Waals surface area contributed by atoms with Gasteiger partial charge in [-0.05, 0) is 4.85 Å². The first-order valence-corrected chi connectivity index (χ1v) is 3.22. The lowest BCUT2D eigenvalue weighted by atomic mass is 10.1. The van der Waals surface area contributed by atoms with Crippen molar-refractivity contribution >= 4 is 0 Å². The second kappa shape index (κ2) is 3.47. The van der Waals surface area contributed by atoms with E-state index >= 15 is 0 Å². The zero-order valence-electron chi connectivity index (χ0n) is 6.35. The summed E-state index contributed by atoms with van der Waals surface area (Å²) in [5.41, 5.74) is -0.431. The van der Waals surface area contributed by atoms with E-state index in [2.05, 4.69) is 4.85 Å². The minimum atomic E-state index is -0.431. The van der Waals surface area contributed by atoms with Crippen LogP contribution >= 0.6 is 0 Å². The minimum absolute atomic E-state index is 0.431. The van der Waals surface area contributed by atoms with Crippen molar-refractivity contribution in [3.63, 3.8) is 0 Å². The molecule has 0 heterocycles. The highest BCUT2D eigenvalue weighted by Crippen LogP contribution is 2.20. The second-order valence-electron chi connectivity index (χ2n) is 1.99. The first-order chi connectivity index (χ1) is 4.24. The molecule has 0 aromatic heterocycles. The van der Waals surface area contributed by atoms with Crippen molar-refractivity contribution in [3.8, 4) is 6.57 Å². The number of methoxy groups -OCH3 is 1. The van der Waals surface area contributed by atoms with Crippen molar-refractivity contribution in [1.29, 1.82) is 0 Å². The normalized spacial score (nSPS) is 10.9. The number of rotatable bonds is 3. The predicted octanol–water partition coefficient (Wildman–Crippen LogP) is 2.11. The summed E-state index contributed by atoms with van der Waals surface area (Å²) in [7, 11) is 1.63. The smallest absolute Gasteiger partial charge is 0.308 e. The molecule has 0 atom stereocenters. The van der Waals surface area contributed by atoms with Gasteiger partial charge in [-0.15, -0.1) is 0 Å². The van der Waals surface area contributed by atoms with Crippen LogP contribution < -0.4 is 0 Å². The molecule has 52 valence electrons. The van der Waals surface area contributed by atoms with Crippen LogP contribution in [0.4, 0.5) is 0 Å². The van der Waals surface area contributed by atoms with E-state index in [0.717, 1.165) is 12.8 Å². The fourth-order valence-corrected chi connectivity index (χ4v) is 0.774. The molecule has 0 unspecified atom stereocenters. The van der Waals surface area contributed by atoms with E-state index in [9.17, 15) is 0 Å². The molecule has 0 saturated heterocycles. The van der Waals surface area contributed by atoms with E-state index in [1.165, 1.54) is 0 Å². The monoisotopic (exact) mass is 128 g/mol. The third kappa shape index (κ3) is 1.69. The second-order valence-corrected chi connectivity index (χ2v) is 1.99. The molecule has 0 spiro atoms. The van der Waals surface area contributed by atoms with Gasteiger partial charge in [-0.25, -0.2) is 0 Å². The van der Waals surface area contributed by atoms with E-state index in [1.54, 1.807) is 7.11 Å². The maximum Gasteiger partial charge on any atom is 0.383 e. The quantitative estimate of drug-likeness (QED) is 0.567. The largest absolute Gasteiger partial charge is 0.383 e. The zero-order chi connectivity index (χ0) is 7.33. The standard InChI is InChI=1S/C7H14NO/c1-5-7(6-2,8-3)9-4/h3H,5-6H2,1-2,4H3/q+1. The predicted molar refractivity (Wildman–Crippen MR) is 38.6 cm³/mol. The van der Waals surface area contributed by atoms with Crippen LogP contribution in [0.3, 0.4) is 0 Å². The van der Waals surface area contributed by atoms with Crippen molar-refractivity contribution in [2.75, 3.05) is 7.11 Å². The van der Waals surface area contributed by atoms with E-state index in [-0.39, 0.29) is 0 Å². The molecule has 0 fully saturated rings. The Hall–Kier alpha value is -0.550. The van der Waals surface area contributed by atoms with Crippen LogP contribution in [-0.4, -0.2) is 12.8 Å². The maximum atomic E-state index is 5.14.